The topological polar surface area (TPSA) is 32.3 Å². The first-order valence-corrected chi connectivity index (χ1v) is 6.14. The number of carbonyl (C=O) groups is 1. The van der Waals surface area contributed by atoms with Gasteiger partial charge >= 0.3 is 0 Å². The van der Waals surface area contributed by atoms with Gasteiger partial charge in [0.25, 0.3) is 0 Å². The van der Waals surface area contributed by atoms with Crippen molar-refractivity contribution >= 4 is 5.91 Å². The second kappa shape index (κ2) is 4.49. The van der Waals surface area contributed by atoms with E-state index >= 15 is 0 Å². The van der Waals surface area contributed by atoms with Crippen molar-refractivity contribution in [2.24, 2.45) is 0 Å². The van der Waals surface area contributed by atoms with Crippen LogP contribution in [0.25, 0.3) is 0 Å². The normalized spacial score (nSPS) is 24.5. The van der Waals surface area contributed by atoms with Crippen molar-refractivity contribution in [3.05, 3.63) is 34.9 Å². The Kier molecular flexibility index (Phi) is 3.20. The van der Waals surface area contributed by atoms with Gasteiger partial charge in [0.2, 0.25) is 5.91 Å². The Morgan fingerprint density at radius 1 is 1.35 bits per heavy atom. The third kappa shape index (κ3) is 2.07. The molecular formula is C14H20N2O. The van der Waals surface area contributed by atoms with Crippen molar-refractivity contribution in [2.45, 2.75) is 39.4 Å². The second-order valence-corrected chi connectivity index (χ2v) is 4.84. The average molecular weight is 232 g/mol. The van der Waals surface area contributed by atoms with Gasteiger partial charge in [-0.1, -0.05) is 30.7 Å². The number of hydrogen-bond donors (Lipinski definition) is 1. The van der Waals surface area contributed by atoms with Gasteiger partial charge < -0.3 is 4.90 Å². The number of aryl methyl sites for hydroxylation is 2. The molecule has 0 radical (unpaired) electrons. The standard InChI is InChI=1S/C14H20N2O/c1-5-12-14(17)16(4)13(15-12)11-7-6-9(2)8-10(11)3/h6-8,12-13,15H,5H2,1-4H3. The van der Waals surface area contributed by atoms with Crippen molar-refractivity contribution in [3.8, 4) is 0 Å². The lowest BCUT2D eigenvalue weighted by Gasteiger charge is -2.21. The van der Waals surface area contributed by atoms with E-state index in [9.17, 15) is 4.79 Å². The molecule has 1 aromatic carbocycles. The first kappa shape index (κ1) is 12.1. The van der Waals surface area contributed by atoms with Crippen LogP contribution in [0.3, 0.4) is 0 Å². The zero-order chi connectivity index (χ0) is 12.6. The minimum atomic E-state index is -0.0364. The zero-order valence-electron chi connectivity index (χ0n) is 10.9. The molecule has 1 aliphatic heterocycles. The SMILES string of the molecule is CCC1NC(c2ccc(C)cc2C)N(C)C1=O. The van der Waals surface area contributed by atoms with E-state index in [2.05, 4.69) is 37.4 Å². The zero-order valence-corrected chi connectivity index (χ0v) is 10.9. The number of nitrogens with zero attached hydrogens (tertiary/aromatic N) is 1. The summed E-state index contributed by atoms with van der Waals surface area (Å²) in [6.07, 6.45) is 0.859. The summed E-state index contributed by atoms with van der Waals surface area (Å²) in [6.45, 7) is 6.22. The van der Waals surface area contributed by atoms with Crippen LogP contribution in [0, 0.1) is 13.8 Å². The summed E-state index contributed by atoms with van der Waals surface area (Å²) < 4.78 is 0. The molecule has 1 amide bonds. The summed E-state index contributed by atoms with van der Waals surface area (Å²) in [5, 5.41) is 3.39. The van der Waals surface area contributed by atoms with Gasteiger partial charge in [-0.25, -0.2) is 0 Å². The molecule has 1 saturated heterocycles. The Morgan fingerprint density at radius 2 is 2.06 bits per heavy atom. The highest BCUT2D eigenvalue weighted by Crippen LogP contribution is 2.27. The smallest absolute Gasteiger partial charge is 0.241 e. The van der Waals surface area contributed by atoms with Gasteiger partial charge in [0.15, 0.2) is 0 Å². The number of nitrogens with one attached hydrogen (secondary N) is 1. The van der Waals surface area contributed by atoms with Crippen LogP contribution in [0.5, 0.6) is 0 Å². The van der Waals surface area contributed by atoms with Crippen LogP contribution < -0.4 is 5.32 Å². The maximum absolute atomic E-state index is 12.0. The number of likely N-dealkylation sites (N-methyl/N-ethyl adjacent to an activating group) is 1. The molecule has 0 spiro atoms. The van der Waals surface area contributed by atoms with Crippen LogP contribution in [0.1, 0.15) is 36.2 Å². The molecule has 1 aliphatic rings. The minimum absolute atomic E-state index is 0.0213. The molecule has 1 fully saturated rings. The highest BCUT2D eigenvalue weighted by molar-refractivity contribution is 5.84. The summed E-state index contributed by atoms with van der Waals surface area (Å²) in [6, 6.07) is 6.34. The van der Waals surface area contributed by atoms with E-state index in [-0.39, 0.29) is 18.1 Å². The first-order chi connectivity index (χ1) is 8.04. The van der Waals surface area contributed by atoms with Gasteiger partial charge in [0.1, 0.15) is 6.17 Å². The maximum Gasteiger partial charge on any atom is 0.241 e. The van der Waals surface area contributed by atoms with Crippen LogP contribution in [-0.4, -0.2) is 23.9 Å². The van der Waals surface area contributed by atoms with Crippen LogP contribution in [-0.2, 0) is 4.79 Å². The summed E-state index contributed by atoms with van der Waals surface area (Å²) in [5.41, 5.74) is 3.69. The summed E-state index contributed by atoms with van der Waals surface area (Å²) >= 11 is 0. The van der Waals surface area contributed by atoms with Crippen molar-refractivity contribution in [1.29, 1.82) is 0 Å². The van der Waals surface area contributed by atoms with Crippen molar-refractivity contribution in [2.75, 3.05) is 7.05 Å². The lowest BCUT2D eigenvalue weighted by atomic mass is 10.0. The number of amides is 1. The molecule has 0 bridgehead atoms. The predicted octanol–water partition coefficient (Wildman–Crippen LogP) is 2.14. The molecule has 0 aliphatic carbocycles. The Bertz CT molecular complexity index is 442. The van der Waals surface area contributed by atoms with E-state index in [1.165, 1.54) is 16.7 Å². The molecule has 0 saturated carbocycles. The van der Waals surface area contributed by atoms with Crippen LogP contribution >= 0.6 is 0 Å². The van der Waals surface area contributed by atoms with Crippen molar-refractivity contribution in [1.82, 2.24) is 10.2 Å². The molecule has 3 nitrogen and oxygen atoms in total. The maximum atomic E-state index is 12.0. The highest BCUT2D eigenvalue weighted by atomic mass is 16.2. The van der Waals surface area contributed by atoms with Crippen LogP contribution in [0.15, 0.2) is 18.2 Å². The van der Waals surface area contributed by atoms with Crippen molar-refractivity contribution < 1.29 is 4.79 Å². The molecule has 2 unspecified atom stereocenters. The van der Waals surface area contributed by atoms with Gasteiger partial charge in [-0.15, -0.1) is 0 Å². The van der Waals surface area contributed by atoms with E-state index < -0.39 is 0 Å². The first-order valence-electron chi connectivity index (χ1n) is 6.14. The van der Waals surface area contributed by atoms with Gasteiger partial charge in [-0.05, 0) is 31.4 Å². The van der Waals surface area contributed by atoms with Crippen molar-refractivity contribution in [3.63, 3.8) is 0 Å². The van der Waals surface area contributed by atoms with Gasteiger partial charge in [0.05, 0.1) is 6.04 Å². The highest BCUT2D eigenvalue weighted by Gasteiger charge is 2.36. The number of carbonyl (C=O) groups excluding carboxylic acids is 1. The fourth-order valence-electron chi connectivity index (χ4n) is 2.47. The van der Waals surface area contributed by atoms with E-state index in [0.717, 1.165) is 6.42 Å². The van der Waals surface area contributed by atoms with Crippen LogP contribution in [0.2, 0.25) is 0 Å². The monoisotopic (exact) mass is 232 g/mol. The number of benzene rings is 1. The Labute approximate surface area is 103 Å². The second-order valence-electron chi connectivity index (χ2n) is 4.84. The minimum Gasteiger partial charge on any atom is -0.325 e. The van der Waals surface area contributed by atoms with E-state index in [4.69, 9.17) is 0 Å². The molecule has 17 heavy (non-hydrogen) atoms. The third-order valence-electron chi connectivity index (χ3n) is 3.52. The number of rotatable bonds is 2. The summed E-state index contributed by atoms with van der Waals surface area (Å²) in [7, 11) is 1.87. The van der Waals surface area contributed by atoms with Gasteiger partial charge in [0, 0.05) is 7.05 Å². The summed E-state index contributed by atoms with van der Waals surface area (Å²) in [5.74, 6) is 0.192. The Morgan fingerprint density at radius 3 is 2.59 bits per heavy atom. The Hall–Kier alpha value is -1.35. The van der Waals surface area contributed by atoms with E-state index in [0.29, 0.717) is 0 Å². The molecule has 92 valence electrons. The molecule has 2 atom stereocenters. The van der Waals surface area contributed by atoms with Crippen LogP contribution in [0.4, 0.5) is 0 Å². The summed E-state index contributed by atoms with van der Waals surface area (Å²) in [4.78, 5) is 13.8. The molecule has 2 rings (SSSR count). The van der Waals surface area contributed by atoms with E-state index in [1.54, 1.807) is 0 Å². The fraction of sp³-hybridized carbons (Fsp3) is 0.500. The molecule has 3 heteroatoms. The molecular weight excluding hydrogens is 212 g/mol. The number of hydrogen-bond acceptors (Lipinski definition) is 2. The molecule has 1 heterocycles. The molecule has 1 N–H and O–H groups in total. The lowest BCUT2D eigenvalue weighted by molar-refractivity contribution is -0.128. The molecule has 0 aromatic heterocycles. The average Bonchev–Trinajstić information content (AvgIpc) is 2.57. The fourth-order valence-corrected chi connectivity index (χ4v) is 2.47. The largest absolute Gasteiger partial charge is 0.325 e. The third-order valence-corrected chi connectivity index (χ3v) is 3.52. The van der Waals surface area contributed by atoms with E-state index in [1.807, 2.05) is 18.9 Å². The predicted molar refractivity (Wildman–Crippen MR) is 68.6 cm³/mol. The lowest BCUT2D eigenvalue weighted by Crippen LogP contribution is -2.27. The van der Waals surface area contributed by atoms with Gasteiger partial charge in [-0.2, -0.15) is 0 Å². The quantitative estimate of drug-likeness (QED) is 0.847. The molecule has 1 aromatic rings. The Balaban J connectivity index is 2.32. The van der Waals surface area contributed by atoms with Gasteiger partial charge in [-0.3, -0.25) is 10.1 Å².